The molecule has 0 fully saturated rings. The van der Waals surface area contributed by atoms with E-state index >= 15 is 0 Å². The highest BCUT2D eigenvalue weighted by Crippen LogP contribution is 2.44. The first-order valence-corrected chi connectivity index (χ1v) is 6.33. The average Bonchev–Trinajstić information content (AvgIpc) is 2.10. The maximum atomic E-state index is 3.63. The monoisotopic (exact) mass is 317 g/mol. The summed E-state index contributed by atoms with van der Waals surface area (Å²) in [5.41, 5.74) is 2.89. The van der Waals surface area contributed by atoms with Crippen molar-refractivity contribution in [2.24, 2.45) is 0 Å². The molecule has 1 aliphatic heterocycles. The van der Waals surface area contributed by atoms with E-state index in [1.165, 1.54) is 22.1 Å². The summed E-state index contributed by atoms with van der Waals surface area (Å²) in [5.74, 6) is 0. The zero-order chi connectivity index (χ0) is 10.3. The fraction of sp³-hybridized carbons (Fsp3) is 0.455. The summed E-state index contributed by atoms with van der Waals surface area (Å²) in [6.45, 7) is 5.64. The molecule has 1 aliphatic rings. The van der Waals surface area contributed by atoms with Crippen LogP contribution in [-0.2, 0) is 5.41 Å². The van der Waals surface area contributed by atoms with Gasteiger partial charge >= 0.3 is 0 Å². The fourth-order valence-electron chi connectivity index (χ4n) is 2.01. The van der Waals surface area contributed by atoms with E-state index in [0.717, 1.165) is 11.0 Å². The van der Waals surface area contributed by atoms with Crippen LogP contribution in [0.2, 0.25) is 0 Å². The predicted octanol–water partition coefficient (Wildman–Crippen LogP) is 4.30. The maximum absolute atomic E-state index is 3.63. The van der Waals surface area contributed by atoms with Crippen LogP contribution in [0.4, 0.5) is 5.69 Å². The summed E-state index contributed by atoms with van der Waals surface area (Å²) in [6, 6.07) is 4.19. The lowest BCUT2D eigenvalue weighted by molar-refractivity contribution is 0.479. The summed E-state index contributed by atoms with van der Waals surface area (Å²) in [6.07, 6.45) is 1.18. The Bertz CT molecular complexity index is 372. The van der Waals surface area contributed by atoms with Gasteiger partial charge in [0.25, 0.3) is 0 Å². The molecule has 0 aromatic heterocycles. The summed E-state index contributed by atoms with van der Waals surface area (Å²) in [4.78, 5) is 0. The van der Waals surface area contributed by atoms with Crippen molar-refractivity contribution in [1.82, 2.24) is 0 Å². The summed E-state index contributed by atoms with van der Waals surface area (Å²) < 4.78 is 2.36. The van der Waals surface area contributed by atoms with Crippen LogP contribution in [0.1, 0.15) is 25.8 Å². The Kier molecular flexibility index (Phi) is 2.64. The maximum Gasteiger partial charge on any atom is 0.0534 e. The van der Waals surface area contributed by atoms with E-state index in [9.17, 15) is 0 Å². The van der Waals surface area contributed by atoms with Gasteiger partial charge in [0.1, 0.15) is 0 Å². The molecule has 0 bridgehead atoms. The standard InChI is InChI=1S/C11H13Br2N/c1-11(2)5-6-14-10-8(13)4-3-7(12)9(10)11/h3-4,14H,5-6H2,1-2H3. The molecule has 0 spiro atoms. The van der Waals surface area contributed by atoms with E-state index in [4.69, 9.17) is 0 Å². The number of anilines is 1. The van der Waals surface area contributed by atoms with Crippen molar-refractivity contribution in [3.63, 3.8) is 0 Å². The van der Waals surface area contributed by atoms with E-state index in [1.54, 1.807) is 0 Å². The lowest BCUT2D eigenvalue weighted by atomic mass is 9.78. The number of hydrogen-bond acceptors (Lipinski definition) is 1. The number of hydrogen-bond donors (Lipinski definition) is 1. The van der Waals surface area contributed by atoms with Gasteiger partial charge in [-0.2, -0.15) is 0 Å². The molecule has 14 heavy (non-hydrogen) atoms. The predicted molar refractivity (Wildman–Crippen MR) is 68.0 cm³/mol. The van der Waals surface area contributed by atoms with Crippen molar-refractivity contribution in [1.29, 1.82) is 0 Å². The lowest BCUT2D eigenvalue weighted by Crippen LogP contribution is -2.29. The molecule has 1 aromatic rings. The molecule has 0 aliphatic carbocycles. The van der Waals surface area contributed by atoms with Gasteiger partial charge in [-0.3, -0.25) is 0 Å². The third-order valence-corrected chi connectivity index (χ3v) is 4.15. The molecule has 1 nitrogen and oxygen atoms in total. The second kappa shape index (κ2) is 3.53. The van der Waals surface area contributed by atoms with Gasteiger partial charge in [-0.1, -0.05) is 29.8 Å². The van der Waals surface area contributed by atoms with Gasteiger partial charge in [0.05, 0.1) is 5.69 Å². The zero-order valence-electron chi connectivity index (χ0n) is 8.32. The highest BCUT2D eigenvalue weighted by molar-refractivity contribution is 9.11. The Morgan fingerprint density at radius 2 is 1.86 bits per heavy atom. The molecular formula is C11H13Br2N. The van der Waals surface area contributed by atoms with Crippen LogP contribution in [0.15, 0.2) is 21.1 Å². The van der Waals surface area contributed by atoms with Gasteiger partial charge in [0, 0.05) is 15.5 Å². The minimum absolute atomic E-state index is 0.253. The van der Waals surface area contributed by atoms with Crippen LogP contribution in [0.25, 0.3) is 0 Å². The van der Waals surface area contributed by atoms with Crippen LogP contribution in [0.5, 0.6) is 0 Å². The minimum atomic E-state index is 0.253. The number of fused-ring (bicyclic) bond motifs is 1. The van der Waals surface area contributed by atoms with Crippen molar-refractivity contribution in [2.45, 2.75) is 25.7 Å². The first-order valence-electron chi connectivity index (χ1n) is 4.75. The second-order valence-electron chi connectivity index (χ2n) is 4.34. The van der Waals surface area contributed by atoms with Crippen molar-refractivity contribution in [3.8, 4) is 0 Å². The number of rotatable bonds is 0. The number of benzene rings is 1. The highest BCUT2D eigenvalue weighted by Gasteiger charge is 2.30. The lowest BCUT2D eigenvalue weighted by Gasteiger charge is -2.34. The summed E-state index contributed by atoms with van der Waals surface area (Å²) in [5, 5.41) is 3.45. The van der Waals surface area contributed by atoms with Gasteiger partial charge < -0.3 is 5.32 Å². The summed E-state index contributed by atoms with van der Waals surface area (Å²) in [7, 11) is 0. The first-order chi connectivity index (χ1) is 6.52. The van der Waals surface area contributed by atoms with Gasteiger partial charge in [-0.05, 0) is 45.5 Å². The third kappa shape index (κ3) is 1.61. The molecular weight excluding hydrogens is 306 g/mol. The highest BCUT2D eigenvalue weighted by atomic mass is 79.9. The van der Waals surface area contributed by atoms with Crippen LogP contribution in [0.3, 0.4) is 0 Å². The van der Waals surface area contributed by atoms with E-state index < -0.39 is 0 Å². The first kappa shape index (κ1) is 10.5. The van der Waals surface area contributed by atoms with Gasteiger partial charge in [0.15, 0.2) is 0 Å². The average molecular weight is 319 g/mol. The Balaban J connectivity index is 2.67. The number of nitrogens with one attached hydrogen (secondary N) is 1. The van der Waals surface area contributed by atoms with E-state index in [0.29, 0.717) is 0 Å². The molecule has 3 heteroatoms. The summed E-state index contributed by atoms with van der Waals surface area (Å²) >= 11 is 7.22. The quantitative estimate of drug-likeness (QED) is 0.752. The molecule has 1 heterocycles. The van der Waals surface area contributed by atoms with E-state index in [2.05, 4.69) is 63.2 Å². The molecule has 1 aromatic carbocycles. The fourth-order valence-corrected chi connectivity index (χ4v) is 3.35. The SMILES string of the molecule is CC1(C)CCNc2c(Br)ccc(Br)c21. The molecule has 0 unspecified atom stereocenters. The zero-order valence-corrected chi connectivity index (χ0v) is 11.5. The molecule has 0 saturated heterocycles. The van der Waals surface area contributed by atoms with Crippen molar-refractivity contribution >= 4 is 37.5 Å². The van der Waals surface area contributed by atoms with Crippen molar-refractivity contribution in [3.05, 3.63) is 26.6 Å². The molecule has 0 radical (unpaired) electrons. The Hall–Kier alpha value is -0.0200. The van der Waals surface area contributed by atoms with Crippen molar-refractivity contribution in [2.75, 3.05) is 11.9 Å². The van der Waals surface area contributed by atoms with Crippen molar-refractivity contribution < 1.29 is 0 Å². The van der Waals surface area contributed by atoms with E-state index in [1.807, 2.05) is 0 Å². The third-order valence-electron chi connectivity index (χ3n) is 2.83. The van der Waals surface area contributed by atoms with E-state index in [-0.39, 0.29) is 5.41 Å². The van der Waals surface area contributed by atoms with Crippen LogP contribution in [-0.4, -0.2) is 6.54 Å². The van der Waals surface area contributed by atoms with Gasteiger partial charge in [-0.25, -0.2) is 0 Å². The molecule has 76 valence electrons. The molecule has 0 saturated carbocycles. The number of halogens is 2. The topological polar surface area (TPSA) is 12.0 Å². The Morgan fingerprint density at radius 1 is 1.21 bits per heavy atom. The van der Waals surface area contributed by atoms with Crippen LogP contribution in [0, 0.1) is 0 Å². The Morgan fingerprint density at radius 3 is 2.50 bits per heavy atom. The Labute approximate surface area is 102 Å². The molecule has 2 rings (SSSR count). The van der Waals surface area contributed by atoms with Crippen LogP contribution >= 0.6 is 31.9 Å². The second-order valence-corrected chi connectivity index (χ2v) is 6.05. The van der Waals surface area contributed by atoms with Gasteiger partial charge in [-0.15, -0.1) is 0 Å². The minimum Gasteiger partial charge on any atom is -0.384 e. The molecule has 0 amide bonds. The molecule has 1 N–H and O–H groups in total. The largest absolute Gasteiger partial charge is 0.384 e. The normalized spacial score (nSPS) is 18.6. The van der Waals surface area contributed by atoms with Gasteiger partial charge in [0.2, 0.25) is 0 Å². The van der Waals surface area contributed by atoms with Crippen LogP contribution < -0.4 is 5.32 Å². The molecule has 0 atom stereocenters. The smallest absolute Gasteiger partial charge is 0.0534 e.